The summed E-state index contributed by atoms with van der Waals surface area (Å²) < 4.78 is 15.0. The molecule has 22 heavy (non-hydrogen) atoms. The zero-order chi connectivity index (χ0) is 17.7. The standard InChI is InChI=1S/C15H27NO6/c1-10(9-11(17)20-8)16(12(18)21-14(2,3)4)13(19)22-15(5,6)7/h10H,9H2,1-8H3. The number of carbonyl (C=O) groups excluding carboxylic acids is 3. The zero-order valence-corrected chi connectivity index (χ0v) is 14.7. The van der Waals surface area contributed by atoms with Crippen LogP contribution in [0, 0.1) is 0 Å². The highest BCUT2D eigenvalue weighted by Gasteiger charge is 2.35. The molecule has 0 aliphatic carbocycles. The van der Waals surface area contributed by atoms with Crippen molar-refractivity contribution in [3.63, 3.8) is 0 Å². The molecule has 0 bridgehead atoms. The van der Waals surface area contributed by atoms with Crippen LogP contribution in [0.4, 0.5) is 9.59 Å². The molecule has 7 heteroatoms. The van der Waals surface area contributed by atoms with Crippen LogP contribution in [0.2, 0.25) is 0 Å². The lowest BCUT2D eigenvalue weighted by molar-refractivity contribution is -0.141. The molecule has 0 N–H and O–H groups in total. The van der Waals surface area contributed by atoms with Gasteiger partial charge in [0, 0.05) is 0 Å². The molecular formula is C15H27NO6. The molecule has 0 saturated heterocycles. The summed E-state index contributed by atoms with van der Waals surface area (Å²) in [6.07, 6.45) is -1.87. The number of esters is 1. The van der Waals surface area contributed by atoms with Gasteiger partial charge in [0.2, 0.25) is 0 Å². The number of methoxy groups -OCH3 is 1. The van der Waals surface area contributed by atoms with Crippen LogP contribution in [-0.4, -0.2) is 47.4 Å². The van der Waals surface area contributed by atoms with Crippen molar-refractivity contribution in [1.29, 1.82) is 0 Å². The minimum Gasteiger partial charge on any atom is -0.469 e. The number of hydrogen-bond donors (Lipinski definition) is 0. The summed E-state index contributed by atoms with van der Waals surface area (Å²) in [5, 5.41) is 0. The molecule has 2 amide bonds. The smallest absolute Gasteiger partial charge is 0.420 e. The maximum absolute atomic E-state index is 12.2. The van der Waals surface area contributed by atoms with Crippen LogP contribution in [0.1, 0.15) is 54.9 Å². The van der Waals surface area contributed by atoms with Gasteiger partial charge < -0.3 is 14.2 Å². The topological polar surface area (TPSA) is 82.1 Å². The van der Waals surface area contributed by atoms with Crippen LogP contribution < -0.4 is 0 Å². The van der Waals surface area contributed by atoms with Crippen LogP contribution in [-0.2, 0) is 19.0 Å². The first-order chi connectivity index (χ1) is 9.76. The van der Waals surface area contributed by atoms with Gasteiger partial charge >= 0.3 is 18.2 Å². The van der Waals surface area contributed by atoms with E-state index in [1.54, 1.807) is 48.5 Å². The maximum atomic E-state index is 12.2. The van der Waals surface area contributed by atoms with Gasteiger partial charge in [0.1, 0.15) is 11.2 Å². The molecule has 0 aromatic heterocycles. The average Bonchev–Trinajstić information content (AvgIpc) is 2.23. The number of ether oxygens (including phenoxy) is 3. The Balaban J connectivity index is 5.25. The molecule has 0 aliphatic heterocycles. The van der Waals surface area contributed by atoms with E-state index in [9.17, 15) is 14.4 Å². The van der Waals surface area contributed by atoms with Crippen molar-refractivity contribution in [2.45, 2.75) is 72.1 Å². The van der Waals surface area contributed by atoms with Gasteiger partial charge in [-0.25, -0.2) is 14.5 Å². The lowest BCUT2D eigenvalue weighted by atomic mass is 10.2. The maximum Gasteiger partial charge on any atom is 0.420 e. The molecule has 1 atom stereocenters. The van der Waals surface area contributed by atoms with Crippen molar-refractivity contribution < 1.29 is 28.6 Å². The Morgan fingerprint density at radius 1 is 0.909 bits per heavy atom. The minimum absolute atomic E-state index is 0.144. The lowest BCUT2D eigenvalue weighted by Crippen LogP contribution is -2.48. The Morgan fingerprint density at radius 3 is 1.55 bits per heavy atom. The van der Waals surface area contributed by atoms with Crippen molar-refractivity contribution in [3.8, 4) is 0 Å². The van der Waals surface area contributed by atoms with Gasteiger partial charge in [0.25, 0.3) is 0 Å². The van der Waals surface area contributed by atoms with Crippen molar-refractivity contribution in [2.24, 2.45) is 0 Å². The van der Waals surface area contributed by atoms with Crippen molar-refractivity contribution in [2.75, 3.05) is 7.11 Å². The van der Waals surface area contributed by atoms with Crippen molar-refractivity contribution in [3.05, 3.63) is 0 Å². The fraction of sp³-hybridized carbons (Fsp3) is 0.800. The van der Waals surface area contributed by atoms with Crippen molar-refractivity contribution in [1.82, 2.24) is 4.90 Å². The van der Waals surface area contributed by atoms with Crippen LogP contribution in [0.3, 0.4) is 0 Å². The van der Waals surface area contributed by atoms with E-state index in [0.29, 0.717) is 0 Å². The van der Waals surface area contributed by atoms with E-state index in [0.717, 1.165) is 4.90 Å². The number of carbonyl (C=O) groups is 3. The average molecular weight is 317 g/mol. The van der Waals surface area contributed by atoms with Crippen LogP contribution >= 0.6 is 0 Å². The molecule has 0 rings (SSSR count). The van der Waals surface area contributed by atoms with E-state index in [4.69, 9.17) is 9.47 Å². The van der Waals surface area contributed by atoms with E-state index in [1.165, 1.54) is 7.11 Å². The number of nitrogens with zero attached hydrogens (tertiary/aromatic N) is 1. The van der Waals surface area contributed by atoms with E-state index in [1.807, 2.05) is 0 Å². The van der Waals surface area contributed by atoms with Gasteiger partial charge in [0.15, 0.2) is 0 Å². The highest BCUT2D eigenvalue weighted by atomic mass is 16.6. The van der Waals surface area contributed by atoms with Gasteiger partial charge in [-0.1, -0.05) is 0 Å². The third kappa shape index (κ3) is 7.85. The highest BCUT2D eigenvalue weighted by molar-refractivity contribution is 5.89. The summed E-state index contributed by atoms with van der Waals surface area (Å²) in [7, 11) is 1.24. The largest absolute Gasteiger partial charge is 0.469 e. The van der Waals surface area contributed by atoms with E-state index >= 15 is 0 Å². The fourth-order valence-corrected chi connectivity index (χ4v) is 1.47. The molecule has 0 radical (unpaired) electrons. The first-order valence-corrected chi connectivity index (χ1v) is 7.09. The van der Waals surface area contributed by atoms with Crippen molar-refractivity contribution >= 4 is 18.2 Å². The molecule has 0 aromatic carbocycles. The second-order valence-corrected chi connectivity index (χ2v) is 6.96. The Kier molecular flexibility index (Phi) is 6.86. The molecule has 0 saturated carbocycles. The van der Waals surface area contributed by atoms with Gasteiger partial charge in [-0.2, -0.15) is 0 Å². The first-order valence-electron chi connectivity index (χ1n) is 7.09. The third-order valence-corrected chi connectivity index (χ3v) is 2.31. The molecule has 0 heterocycles. The predicted octanol–water partition coefficient (Wildman–Crippen LogP) is 3.11. The Labute approximate surface area is 131 Å². The molecule has 7 nitrogen and oxygen atoms in total. The molecular weight excluding hydrogens is 290 g/mol. The second-order valence-electron chi connectivity index (χ2n) is 6.96. The lowest BCUT2D eigenvalue weighted by Gasteiger charge is -2.31. The number of amides is 2. The third-order valence-electron chi connectivity index (χ3n) is 2.31. The summed E-state index contributed by atoms with van der Waals surface area (Å²) in [4.78, 5) is 36.7. The predicted molar refractivity (Wildman–Crippen MR) is 80.4 cm³/mol. The Hall–Kier alpha value is -1.79. The quantitative estimate of drug-likeness (QED) is 0.587. The summed E-state index contributed by atoms with van der Waals surface area (Å²) in [5.41, 5.74) is -1.55. The van der Waals surface area contributed by atoms with Crippen LogP contribution in [0.25, 0.3) is 0 Å². The number of imide groups is 1. The van der Waals surface area contributed by atoms with Gasteiger partial charge in [-0.05, 0) is 48.5 Å². The summed E-state index contributed by atoms with van der Waals surface area (Å²) in [6.45, 7) is 11.6. The molecule has 0 spiro atoms. The van der Waals surface area contributed by atoms with E-state index < -0.39 is 35.4 Å². The highest BCUT2D eigenvalue weighted by Crippen LogP contribution is 2.18. The SMILES string of the molecule is COC(=O)CC(C)N(C(=O)OC(C)(C)C)C(=O)OC(C)(C)C. The minimum atomic E-state index is -0.863. The molecule has 0 aromatic rings. The second kappa shape index (κ2) is 7.47. The van der Waals surface area contributed by atoms with Gasteiger partial charge in [-0.3, -0.25) is 4.79 Å². The summed E-state index contributed by atoms with van der Waals surface area (Å²) in [5.74, 6) is -0.537. The van der Waals surface area contributed by atoms with Crippen LogP contribution in [0.5, 0.6) is 0 Å². The number of hydrogen-bond acceptors (Lipinski definition) is 6. The first kappa shape index (κ1) is 20.2. The summed E-state index contributed by atoms with van der Waals surface area (Å²) >= 11 is 0. The monoisotopic (exact) mass is 317 g/mol. The van der Waals surface area contributed by atoms with Gasteiger partial charge in [0.05, 0.1) is 19.6 Å². The van der Waals surface area contributed by atoms with Crippen LogP contribution in [0.15, 0.2) is 0 Å². The molecule has 0 fully saturated rings. The molecule has 0 aliphatic rings. The fourth-order valence-electron chi connectivity index (χ4n) is 1.47. The Bertz CT molecular complexity index is 391. The Morgan fingerprint density at radius 2 is 1.27 bits per heavy atom. The molecule has 128 valence electrons. The number of rotatable bonds is 3. The van der Waals surface area contributed by atoms with E-state index in [2.05, 4.69) is 4.74 Å². The molecule has 1 unspecified atom stereocenters. The summed E-state index contributed by atoms with van der Waals surface area (Å²) in [6, 6.07) is -0.753. The normalized spacial score (nSPS) is 13.1. The van der Waals surface area contributed by atoms with Gasteiger partial charge in [-0.15, -0.1) is 0 Å². The zero-order valence-electron chi connectivity index (χ0n) is 14.7. The van der Waals surface area contributed by atoms with E-state index in [-0.39, 0.29) is 6.42 Å².